The second kappa shape index (κ2) is 10.3. The van der Waals surface area contributed by atoms with Gasteiger partial charge in [-0.3, -0.25) is 9.59 Å². The largest absolute Gasteiger partial charge is 0.495 e. The van der Waals surface area contributed by atoms with Crippen LogP contribution in [0.1, 0.15) is 48.7 Å². The van der Waals surface area contributed by atoms with E-state index in [0.29, 0.717) is 5.76 Å². The zero-order chi connectivity index (χ0) is 24.2. The summed E-state index contributed by atoms with van der Waals surface area (Å²) in [5.74, 6) is 0.184. The van der Waals surface area contributed by atoms with E-state index in [-0.39, 0.29) is 40.5 Å². The van der Waals surface area contributed by atoms with Gasteiger partial charge in [-0.25, -0.2) is 13.1 Å². The highest BCUT2D eigenvalue weighted by Gasteiger charge is 2.29. The molecule has 0 aliphatic heterocycles. The predicted octanol–water partition coefficient (Wildman–Crippen LogP) is 2.56. The molecule has 1 heterocycles. The molecule has 10 nitrogen and oxygen atoms in total. The average Bonchev–Trinajstić information content (AvgIpc) is 3.18. The maximum absolute atomic E-state index is 13.2. The zero-order valence-corrected chi connectivity index (χ0v) is 20.1. The number of methoxy groups -OCH3 is 1. The van der Waals surface area contributed by atoms with Crippen molar-refractivity contribution >= 4 is 27.7 Å². The number of carbonyl (C=O) groups is 2. The van der Waals surface area contributed by atoms with Crippen LogP contribution in [-0.4, -0.2) is 57.0 Å². The molecular weight excluding hydrogens is 448 g/mol. The van der Waals surface area contributed by atoms with E-state index in [1.54, 1.807) is 13.0 Å². The summed E-state index contributed by atoms with van der Waals surface area (Å²) in [6.45, 7) is 3.47. The Morgan fingerprint density at radius 3 is 2.61 bits per heavy atom. The minimum Gasteiger partial charge on any atom is -0.495 e. The maximum Gasteiger partial charge on any atom is 0.254 e. The number of carbonyl (C=O) groups excluding carboxylic acids is 2. The van der Waals surface area contributed by atoms with Gasteiger partial charge in [-0.15, -0.1) is 0 Å². The van der Waals surface area contributed by atoms with Crippen LogP contribution in [0.5, 0.6) is 5.75 Å². The number of aromatic nitrogens is 1. The molecule has 1 aromatic carbocycles. The molecule has 1 aliphatic carbocycles. The van der Waals surface area contributed by atoms with Gasteiger partial charge in [0, 0.05) is 24.7 Å². The Hall–Kier alpha value is -2.92. The molecule has 0 saturated heterocycles. The van der Waals surface area contributed by atoms with Crippen molar-refractivity contribution < 1.29 is 27.3 Å². The Morgan fingerprint density at radius 2 is 1.97 bits per heavy atom. The van der Waals surface area contributed by atoms with Crippen LogP contribution in [0.4, 0.5) is 5.82 Å². The first-order valence-electron chi connectivity index (χ1n) is 10.8. The fraction of sp³-hybridized carbons (Fsp3) is 0.500. The lowest BCUT2D eigenvalue weighted by molar-refractivity contribution is -0.116. The Labute approximate surface area is 193 Å². The van der Waals surface area contributed by atoms with Crippen LogP contribution in [0.25, 0.3) is 0 Å². The molecule has 2 aromatic rings. The summed E-state index contributed by atoms with van der Waals surface area (Å²) in [5.41, 5.74) is 0.125. The molecule has 11 heteroatoms. The number of benzene rings is 1. The molecule has 0 spiro atoms. The van der Waals surface area contributed by atoms with Crippen molar-refractivity contribution in [1.29, 1.82) is 0 Å². The number of nitrogens with zero attached hydrogens (tertiary/aromatic N) is 2. The molecule has 0 bridgehead atoms. The van der Waals surface area contributed by atoms with Gasteiger partial charge in [-0.2, -0.15) is 0 Å². The van der Waals surface area contributed by atoms with E-state index in [1.165, 1.54) is 37.3 Å². The lowest BCUT2D eigenvalue weighted by atomic mass is 9.87. The number of anilines is 1. The molecule has 0 radical (unpaired) electrons. The van der Waals surface area contributed by atoms with Gasteiger partial charge in [0.25, 0.3) is 5.91 Å². The van der Waals surface area contributed by atoms with Crippen LogP contribution in [-0.2, 0) is 14.8 Å². The molecule has 1 aliphatic rings. The van der Waals surface area contributed by atoms with Crippen molar-refractivity contribution in [1.82, 2.24) is 14.8 Å². The van der Waals surface area contributed by atoms with Crippen molar-refractivity contribution in [3.05, 3.63) is 35.6 Å². The minimum absolute atomic E-state index is 0.107. The first kappa shape index (κ1) is 24.7. The van der Waals surface area contributed by atoms with Crippen molar-refractivity contribution in [2.45, 2.75) is 50.5 Å². The van der Waals surface area contributed by atoms with Crippen molar-refractivity contribution in [3.8, 4) is 5.75 Å². The summed E-state index contributed by atoms with van der Waals surface area (Å²) in [5, 5.41) is 6.22. The number of nitrogens with one attached hydrogen (secondary N) is 2. The highest BCUT2D eigenvalue weighted by Crippen LogP contribution is 2.29. The van der Waals surface area contributed by atoms with Gasteiger partial charge >= 0.3 is 0 Å². The molecule has 1 aromatic heterocycles. The van der Waals surface area contributed by atoms with E-state index in [2.05, 4.69) is 15.2 Å². The van der Waals surface area contributed by atoms with Crippen molar-refractivity contribution in [2.24, 2.45) is 5.92 Å². The van der Waals surface area contributed by atoms with E-state index in [0.717, 1.165) is 25.7 Å². The summed E-state index contributed by atoms with van der Waals surface area (Å²) < 4.78 is 39.2. The zero-order valence-electron chi connectivity index (χ0n) is 19.3. The lowest BCUT2D eigenvalue weighted by Gasteiger charge is -2.29. The summed E-state index contributed by atoms with van der Waals surface area (Å²) in [6.07, 6.45) is 3.78. The number of ether oxygens (including phenoxy) is 1. The number of hydrogen-bond acceptors (Lipinski definition) is 7. The predicted molar refractivity (Wildman–Crippen MR) is 122 cm³/mol. The normalized spacial score (nSPS) is 18.5. The maximum atomic E-state index is 13.2. The smallest absolute Gasteiger partial charge is 0.254 e. The minimum atomic E-state index is -3.92. The Kier molecular flexibility index (Phi) is 7.75. The molecule has 180 valence electrons. The number of aryl methyl sites for hydroxylation is 1. The van der Waals surface area contributed by atoms with Gasteiger partial charge in [0.05, 0.1) is 13.7 Å². The molecule has 33 heavy (non-hydrogen) atoms. The van der Waals surface area contributed by atoms with Crippen LogP contribution < -0.4 is 14.8 Å². The van der Waals surface area contributed by atoms with Gasteiger partial charge in [0.2, 0.25) is 15.9 Å². The van der Waals surface area contributed by atoms with E-state index >= 15 is 0 Å². The van der Waals surface area contributed by atoms with E-state index in [9.17, 15) is 18.0 Å². The fourth-order valence-corrected chi connectivity index (χ4v) is 5.46. The Bertz CT molecular complexity index is 1110. The second-order valence-electron chi connectivity index (χ2n) is 8.39. The number of amides is 2. The molecule has 2 amide bonds. The summed E-state index contributed by atoms with van der Waals surface area (Å²) in [4.78, 5) is 26.2. The third-order valence-corrected chi connectivity index (χ3v) is 7.25. The summed E-state index contributed by atoms with van der Waals surface area (Å²) >= 11 is 0. The second-order valence-corrected chi connectivity index (χ2v) is 10.1. The SMILES string of the molecule is COc1ccc(C(=O)N(C)CC(=O)Nc2cc(C)on2)cc1S(=O)(=O)NC1CCCCC1C. The first-order valence-corrected chi connectivity index (χ1v) is 12.3. The quantitative estimate of drug-likeness (QED) is 0.596. The standard InChI is InChI=1S/C22H30N4O6S/c1-14-7-5-6-8-17(14)25-33(29,30)19-12-16(9-10-18(19)31-4)22(28)26(3)13-21(27)23-20-11-15(2)32-24-20/h9-12,14,17,25H,5-8,13H2,1-4H3,(H,23,24,27). The molecule has 1 saturated carbocycles. The van der Waals surface area contributed by atoms with Gasteiger partial charge in [-0.05, 0) is 43.9 Å². The lowest BCUT2D eigenvalue weighted by Crippen LogP contribution is -2.41. The van der Waals surface area contributed by atoms with Crippen LogP contribution >= 0.6 is 0 Å². The van der Waals surface area contributed by atoms with Crippen molar-refractivity contribution in [3.63, 3.8) is 0 Å². The molecule has 2 atom stereocenters. The van der Waals surface area contributed by atoms with Crippen molar-refractivity contribution in [2.75, 3.05) is 26.0 Å². The average molecular weight is 479 g/mol. The van der Waals surface area contributed by atoms with Gasteiger partial charge in [0.1, 0.15) is 16.4 Å². The van der Waals surface area contributed by atoms with Gasteiger partial charge in [0.15, 0.2) is 5.82 Å². The van der Waals surface area contributed by atoms with Gasteiger partial charge in [-0.1, -0.05) is 24.9 Å². The third kappa shape index (κ3) is 6.11. The van der Waals surface area contributed by atoms with Crippen LogP contribution in [0.2, 0.25) is 0 Å². The van der Waals surface area contributed by atoms with Gasteiger partial charge < -0.3 is 19.5 Å². The van der Waals surface area contributed by atoms with Crippen LogP contribution in [0.3, 0.4) is 0 Å². The van der Waals surface area contributed by atoms with Crippen LogP contribution in [0, 0.1) is 12.8 Å². The first-order chi connectivity index (χ1) is 15.6. The van der Waals surface area contributed by atoms with Crippen LogP contribution in [0.15, 0.2) is 33.7 Å². The number of sulfonamides is 1. The highest BCUT2D eigenvalue weighted by atomic mass is 32.2. The molecule has 3 rings (SSSR count). The Balaban J connectivity index is 1.75. The summed E-state index contributed by atoms with van der Waals surface area (Å²) in [7, 11) is -1.09. The molecule has 1 fully saturated rings. The monoisotopic (exact) mass is 478 g/mol. The van der Waals surface area contributed by atoms with E-state index < -0.39 is 21.8 Å². The third-order valence-electron chi connectivity index (χ3n) is 5.74. The Morgan fingerprint density at radius 1 is 1.24 bits per heavy atom. The number of likely N-dealkylation sites (N-methyl/N-ethyl adjacent to an activating group) is 1. The molecule has 2 N–H and O–H groups in total. The molecule has 2 unspecified atom stereocenters. The fourth-order valence-electron chi connectivity index (χ4n) is 3.89. The number of hydrogen-bond donors (Lipinski definition) is 2. The highest BCUT2D eigenvalue weighted by molar-refractivity contribution is 7.89. The van der Waals surface area contributed by atoms with E-state index in [4.69, 9.17) is 9.26 Å². The number of rotatable bonds is 8. The van der Waals surface area contributed by atoms with E-state index in [1.807, 2.05) is 6.92 Å². The summed E-state index contributed by atoms with van der Waals surface area (Å²) in [6, 6.07) is 5.59. The molecular formula is C22H30N4O6S. The topological polar surface area (TPSA) is 131 Å².